The Kier molecular flexibility index (Phi) is 7.36. The van der Waals surface area contributed by atoms with Gasteiger partial charge in [0.25, 0.3) is 0 Å². The van der Waals surface area contributed by atoms with Gasteiger partial charge in [-0.05, 0) is 63.9 Å². The van der Waals surface area contributed by atoms with Crippen LogP contribution >= 0.6 is 11.6 Å². The largest absolute Gasteiger partial charge is 0.462 e. The smallest absolute Gasteiger partial charge is 0.418 e. The Hall–Kier alpha value is -2.96. The van der Waals surface area contributed by atoms with Gasteiger partial charge < -0.3 is 25.6 Å². The lowest BCUT2D eigenvalue weighted by atomic mass is 9.94. The Bertz CT molecular complexity index is 1470. The third-order valence-electron chi connectivity index (χ3n) is 8.43. The molecule has 0 spiro atoms. The average Bonchev–Trinajstić information content (AvgIpc) is 3.30. The first-order valence-corrected chi connectivity index (χ1v) is 14.3. The number of ether oxygens (including phenoxy) is 1. The van der Waals surface area contributed by atoms with E-state index in [-0.39, 0.29) is 46.1 Å². The van der Waals surface area contributed by atoms with Crippen LogP contribution < -0.4 is 20.7 Å². The zero-order chi connectivity index (χ0) is 29.1. The van der Waals surface area contributed by atoms with Crippen LogP contribution in [0, 0.1) is 12.7 Å². The van der Waals surface area contributed by atoms with Crippen molar-refractivity contribution in [3.05, 3.63) is 34.1 Å². The van der Waals surface area contributed by atoms with Gasteiger partial charge in [0.2, 0.25) is 0 Å². The van der Waals surface area contributed by atoms with Crippen molar-refractivity contribution in [3.63, 3.8) is 0 Å². The van der Waals surface area contributed by atoms with Crippen molar-refractivity contribution < 1.29 is 22.3 Å². The minimum Gasteiger partial charge on any atom is -0.462 e. The topological polar surface area (TPSA) is 92.4 Å². The van der Waals surface area contributed by atoms with Gasteiger partial charge in [-0.1, -0.05) is 18.0 Å². The molecule has 3 N–H and O–H groups in total. The molecule has 6 rings (SSSR count). The van der Waals surface area contributed by atoms with E-state index in [2.05, 4.69) is 25.1 Å². The summed E-state index contributed by atoms with van der Waals surface area (Å²) in [5, 5.41) is 3.68. The minimum absolute atomic E-state index is 0.0311. The third kappa shape index (κ3) is 5.37. The Balaban J connectivity index is 1.52. The van der Waals surface area contributed by atoms with Crippen LogP contribution in [0.1, 0.15) is 43.2 Å². The van der Waals surface area contributed by atoms with Crippen molar-refractivity contribution in [2.75, 3.05) is 43.9 Å². The number of nitrogens with zero attached hydrogens (tertiary/aromatic N) is 5. The molecule has 0 aliphatic carbocycles. The van der Waals surface area contributed by atoms with E-state index in [4.69, 9.17) is 27.1 Å². The number of pyridine rings is 1. The summed E-state index contributed by atoms with van der Waals surface area (Å²) in [5.41, 5.74) is 3.17. The fourth-order valence-electron chi connectivity index (χ4n) is 6.46. The second-order valence-electron chi connectivity index (χ2n) is 11.3. The fourth-order valence-corrected chi connectivity index (χ4v) is 6.74. The molecule has 8 nitrogen and oxygen atoms in total. The molecule has 3 aliphatic heterocycles. The van der Waals surface area contributed by atoms with E-state index in [1.54, 1.807) is 0 Å². The van der Waals surface area contributed by atoms with E-state index in [9.17, 15) is 13.2 Å². The van der Waals surface area contributed by atoms with Crippen LogP contribution in [0.3, 0.4) is 0 Å². The first kappa shape index (κ1) is 28.2. The van der Waals surface area contributed by atoms with E-state index in [0.717, 1.165) is 44.7 Å². The summed E-state index contributed by atoms with van der Waals surface area (Å²) in [5.74, 6) is -0.762. The van der Waals surface area contributed by atoms with Crippen molar-refractivity contribution >= 4 is 34.1 Å². The van der Waals surface area contributed by atoms with Gasteiger partial charge in [0, 0.05) is 36.6 Å². The Morgan fingerprint density at radius 1 is 1.10 bits per heavy atom. The average molecular weight is 594 g/mol. The molecular formula is C28H32ClF4N7O. The molecule has 13 heteroatoms. The number of likely N-dealkylation sites (tertiary alicyclic amines) is 1. The van der Waals surface area contributed by atoms with Gasteiger partial charge in [-0.2, -0.15) is 23.1 Å². The quantitative estimate of drug-likeness (QED) is 0.390. The van der Waals surface area contributed by atoms with Gasteiger partial charge in [0.15, 0.2) is 5.82 Å². The maximum atomic E-state index is 16.5. The number of piperidine rings is 1. The van der Waals surface area contributed by atoms with Crippen molar-refractivity contribution in [3.8, 4) is 17.3 Å². The highest BCUT2D eigenvalue weighted by molar-refractivity contribution is 6.34. The first-order chi connectivity index (χ1) is 19.5. The summed E-state index contributed by atoms with van der Waals surface area (Å²) >= 11 is 6.57. The SMILES string of the molecule is Cc1cc(N)nc(-c2c(Cl)cc3c(N4CC5CCCC(C4)N5)nc(OC[C@@H]4CCCN4C)nc3c2F)c1C(F)(F)F. The summed E-state index contributed by atoms with van der Waals surface area (Å²) in [6.45, 7) is 3.80. The molecule has 3 aromatic rings. The number of benzene rings is 1. The van der Waals surface area contributed by atoms with Crippen molar-refractivity contribution in [1.82, 2.24) is 25.2 Å². The summed E-state index contributed by atoms with van der Waals surface area (Å²) in [4.78, 5) is 17.3. The summed E-state index contributed by atoms with van der Waals surface area (Å²) in [6, 6.07) is 3.16. The number of likely N-dealkylation sites (N-methyl/N-ethyl adjacent to an activating group) is 1. The first-order valence-electron chi connectivity index (χ1n) is 13.9. The van der Waals surface area contributed by atoms with Crippen molar-refractivity contribution in [2.45, 2.75) is 63.3 Å². The molecule has 41 heavy (non-hydrogen) atoms. The summed E-state index contributed by atoms with van der Waals surface area (Å²) < 4.78 is 65.0. The van der Waals surface area contributed by atoms with Gasteiger partial charge in [0.1, 0.15) is 23.8 Å². The number of aromatic nitrogens is 3. The van der Waals surface area contributed by atoms with Gasteiger partial charge in [-0.25, -0.2) is 9.37 Å². The molecule has 0 amide bonds. The number of nitrogens with two attached hydrogens (primary N) is 1. The third-order valence-corrected chi connectivity index (χ3v) is 8.73. The maximum Gasteiger partial charge on any atom is 0.418 e. The van der Waals surface area contributed by atoms with Gasteiger partial charge in [-0.3, -0.25) is 0 Å². The molecule has 1 aromatic carbocycles. The van der Waals surface area contributed by atoms with Crippen LogP contribution in [0.25, 0.3) is 22.2 Å². The molecule has 3 saturated heterocycles. The molecular weight excluding hydrogens is 562 g/mol. The molecule has 2 bridgehead atoms. The number of nitrogen functional groups attached to an aromatic ring is 1. The van der Waals surface area contributed by atoms with Crippen LogP contribution in [0.15, 0.2) is 12.1 Å². The van der Waals surface area contributed by atoms with E-state index in [1.165, 1.54) is 13.0 Å². The summed E-state index contributed by atoms with van der Waals surface area (Å²) in [7, 11) is 2.01. The lowest BCUT2D eigenvalue weighted by Gasteiger charge is -2.43. The van der Waals surface area contributed by atoms with E-state index in [1.807, 2.05) is 7.05 Å². The van der Waals surface area contributed by atoms with Gasteiger partial charge >= 0.3 is 12.2 Å². The summed E-state index contributed by atoms with van der Waals surface area (Å²) in [6.07, 6.45) is 0.319. The number of hydrogen-bond donors (Lipinski definition) is 2. The molecule has 5 heterocycles. The number of rotatable bonds is 5. The van der Waals surface area contributed by atoms with Crippen LogP contribution in [0.4, 0.5) is 29.2 Å². The molecule has 2 aromatic heterocycles. The molecule has 0 radical (unpaired) electrons. The molecule has 3 fully saturated rings. The Morgan fingerprint density at radius 3 is 2.49 bits per heavy atom. The lowest BCUT2D eigenvalue weighted by molar-refractivity contribution is -0.137. The zero-order valence-electron chi connectivity index (χ0n) is 22.9. The lowest BCUT2D eigenvalue weighted by Crippen LogP contribution is -2.59. The highest BCUT2D eigenvalue weighted by Gasteiger charge is 2.39. The highest BCUT2D eigenvalue weighted by atomic mass is 35.5. The number of halogens is 5. The van der Waals surface area contributed by atoms with Gasteiger partial charge in [-0.15, -0.1) is 0 Å². The van der Waals surface area contributed by atoms with Crippen molar-refractivity contribution in [1.29, 1.82) is 0 Å². The number of piperazine rings is 1. The van der Waals surface area contributed by atoms with E-state index < -0.39 is 28.8 Å². The van der Waals surface area contributed by atoms with Crippen LogP contribution in [0.2, 0.25) is 5.02 Å². The predicted molar refractivity (Wildman–Crippen MR) is 150 cm³/mol. The highest BCUT2D eigenvalue weighted by Crippen LogP contribution is 2.44. The molecule has 2 unspecified atom stereocenters. The van der Waals surface area contributed by atoms with Crippen LogP contribution in [0.5, 0.6) is 6.01 Å². The predicted octanol–water partition coefficient (Wildman–Crippen LogP) is 5.20. The Morgan fingerprint density at radius 2 is 1.83 bits per heavy atom. The molecule has 0 saturated carbocycles. The number of nitrogens with one attached hydrogen (secondary N) is 1. The van der Waals surface area contributed by atoms with E-state index in [0.29, 0.717) is 30.9 Å². The second-order valence-corrected chi connectivity index (χ2v) is 11.7. The number of alkyl halides is 3. The Labute approximate surface area is 240 Å². The van der Waals surface area contributed by atoms with Crippen LogP contribution in [-0.4, -0.2) is 71.3 Å². The van der Waals surface area contributed by atoms with Gasteiger partial charge in [0.05, 0.1) is 21.8 Å². The van der Waals surface area contributed by atoms with Crippen molar-refractivity contribution in [2.24, 2.45) is 0 Å². The number of fused-ring (bicyclic) bond motifs is 3. The van der Waals surface area contributed by atoms with E-state index >= 15 is 4.39 Å². The number of hydrogen-bond acceptors (Lipinski definition) is 8. The molecule has 3 aliphatic rings. The molecule has 3 atom stereocenters. The number of aryl methyl sites for hydroxylation is 1. The van der Waals surface area contributed by atoms with Crippen LogP contribution in [-0.2, 0) is 6.18 Å². The fraction of sp³-hybridized carbons (Fsp3) is 0.536. The number of anilines is 2. The second kappa shape index (κ2) is 10.7. The molecule has 220 valence electrons. The zero-order valence-corrected chi connectivity index (χ0v) is 23.6. The normalized spacial score (nSPS) is 23.4. The maximum absolute atomic E-state index is 16.5. The monoisotopic (exact) mass is 593 g/mol. The standard InChI is InChI=1S/C28H32ClF4N7O/c1-14-9-20(34)36-25(22(14)28(31,32)33)21-19(29)10-18-24(23(21)30)37-27(41-13-17-7-4-8-39(17)2)38-26(18)40-11-15-5-3-6-16(12-40)35-15/h9-10,15-17,35H,3-8,11-13H2,1-2H3,(H2,34,36)/t15?,16?,17-/m0/s1. The minimum atomic E-state index is -4.82.